The number of ether oxygens (including phenoxy) is 1. The van der Waals surface area contributed by atoms with Gasteiger partial charge in [0.2, 0.25) is 0 Å². The first-order valence-electron chi connectivity index (χ1n) is 6.35. The average molecular weight is 332 g/mol. The van der Waals surface area contributed by atoms with Crippen molar-refractivity contribution in [1.82, 2.24) is 0 Å². The van der Waals surface area contributed by atoms with Crippen LogP contribution in [0.5, 0.6) is 0 Å². The van der Waals surface area contributed by atoms with Crippen LogP contribution in [0, 0.1) is 0 Å². The van der Waals surface area contributed by atoms with E-state index in [0.717, 1.165) is 6.26 Å². The minimum Gasteiger partial charge on any atom is -0.363 e. The van der Waals surface area contributed by atoms with Gasteiger partial charge in [0.1, 0.15) is 6.35 Å². The number of hydrogen-bond donors (Lipinski definition) is 0. The summed E-state index contributed by atoms with van der Waals surface area (Å²) in [6.07, 6.45) is -0.396. The van der Waals surface area contributed by atoms with Crippen molar-refractivity contribution in [2.75, 3.05) is 19.2 Å². The Morgan fingerprint density at radius 3 is 1.80 bits per heavy atom. The molecule has 20 heavy (non-hydrogen) atoms. The molecule has 0 aromatic carbocycles. The molecule has 9 heteroatoms. The average Bonchev–Trinajstić information content (AvgIpc) is 2.20. The Balaban J connectivity index is 4.42. The van der Waals surface area contributed by atoms with Crippen molar-refractivity contribution in [3.8, 4) is 0 Å². The molecule has 0 rings (SSSR count). The van der Waals surface area contributed by atoms with Gasteiger partial charge < -0.3 is 13.8 Å². The molecule has 0 saturated heterocycles. The van der Waals surface area contributed by atoms with Crippen LogP contribution in [0.2, 0.25) is 0 Å². The third-order valence-electron chi connectivity index (χ3n) is 1.78. The molecule has 0 aromatic rings. The summed E-state index contributed by atoms with van der Waals surface area (Å²) in [4.78, 5) is 0. The molecule has 0 aromatic heterocycles. The smallest absolute Gasteiger partial charge is 0.356 e. The lowest BCUT2D eigenvalue weighted by Gasteiger charge is -2.24. The van der Waals surface area contributed by atoms with Gasteiger partial charge in [0, 0.05) is 0 Å². The first-order valence-corrected chi connectivity index (χ1v) is 9.90. The van der Waals surface area contributed by atoms with Crippen molar-refractivity contribution in [3.63, 3.8) is 0 Å². The summed E-state index contributed by atoms with van der Waals surface area (Å²) < 4.78 is 54.6. The Morgan fingerprint density at radius 2 is 1.45 bits per heavy atom. The molecule has 0 aliphatic rings. The molecular weight excluding hydrogens is 307 g/mol. The number of hydrogen-bond acceptors (Lipinski definition) is 7. The highest BCUT2D eigenvalue weighted by Gasteiger charge is 2.29. The molecule has 0 bridgehead atoms. The second-order valence-electron chi connectivity index (χ2n) is 5.01. The lowest BCUT2D eigenvalue weighted by Crippen LogP contribution is -2.21. The number of rotatable bonds is 10. The van der Waals surface area contributed by atoms with E-state index in [0.29, 0.717) is 0 Å². The normalized spacial score (nSPS) is 15.0. The standard InChI is InChI=1S/C11H25O7PS/c1-9(2)17-19(12,18-10(3)4)8-15-11(5)7-16-20(6,13)14/h9-11H,7-8H2,1-6H3/t11-/m1/s1. The van der Waals surface area contributed by atoms with Gasteiger partial charge in [-0.3, -0.25) is 8.75 Å². The Labute approximate surface area is 121 Å². The third-order valence-corrected chi connectivity index (χ3v) is 4.29. The highest BCUT2D eigenvalue weighted by Crippen LogP contribution is 2.50. The molecule has 0 fully saturated rings. The van der Waals surface area contributed by atoms with Crippen LogP contribution in [-0.4, -0.2) is 45.9 Å². The van der Waals surface area contributed by atoms with Crippen LogP contribution >= 0.6 is 7.60 Å². The van der Waals surface area contributed by atoms with Gasteiger partial charge in [-0.2, -0.15) is 8.42 Å². The van der Waals surface area contributed by atoms with Crippen molar-refractivity contribution in [1.29, 1.82) is 0 Å². The fourth-order valence-electron chi connectivity index (χ4n) is 1.21. The molecular formula is C11H25O7PS. The molecule has 0 heterocycles. The highest BCUT2D eigenvalue weighted by atomic mass is 32.2. The molecule has 0 spiro atoms. The summed E-state index contributed by atoms with van der Waals surface area (Å²) in [5, 5.41) is 0. The van der Waals surface area contributed by atoms with Gasteiger partial charge in [-0.25, -0.2) is 0 Å². The van der Waals surface area contributed by atoms with Crippen LogP contribution in [0.3, 0.4) is 0 Å². The van der Waals surface area contributed by atoms with Gasteiger partial charge in [-0.15, -0.1) is 0 Å². The van der Waals surface area contributed by atoms with Gasteiger partial charge >= 0.3 is 7.60 Å². The fourth-order valence-corrected chi connectivity index (χ4v) is 3.55. The first-order chi connectivity index (χ1) is 8.93. The van der Waals surface area contributed by atoms with Crippen molar-refractivity contribution < 1.29 is 31.0 Å². The van der Waals surface area contributed by atoms with Crippen LogP contribution in [0.15, 0.2) is 0 Å². The van der Waals surface area contributed by atoms with E-state index >= 15 is 0 Å². The first kappa shape index (κ1) is 20.0. The summed E-state index contributed by atoms with van der Waals surface area (Å²) in [6.45, 7) is 8.43. The minimum atomic E-state index is -3.52. The van der Waals surface area contributed by atoms with E-state index in [-0.39, 0.29) is 25.2 Å². The maximum absolute atomic E-state index is 12.4. The van der Waals surface area contributed by atoms with Gasteiger partial charge in [-0.1, -0.05) is 0 Å². The van der Waals surface area contributed by atoms with Gasteiger partial charge in [0.05, 0.1) is 31.2 Å². The summed E-state index contributed by atoms with van der Waals surface area (Å²) >= 11 is 0. The lowest BCUT2D eigenvalue weighted by atomic mass is 10.4. The summed E-state index contributed by atoms with van der Waals surface area (Å²) in [5.74, 6) is 0. The Kier molecular flexibility index (Phi) is 8.47. The molecule has 0 radical (unpaired) electrons. The fraction of sp³-hybridized carbons (Fsp3) is 1.00. The zero-order valence-electron chi connectivity index (χ0n) is 12.9. The molecule has 122 valence electrons. The van der Waals surface area contributed by atoms with Crippen molar-refractivity contribution in [3.05, 3.63) is 0 Å². The second kappa shape index (κ2) is 8.46. The molecule has 0 amide bonds. The van der Waals surface area contributed by atoms with E-state index in [9.17, 15) is 13.0 Å². The van der Waals surface area contributed by atoms with Gasteiger partial charge in [0.15, 0.2) is 0 Å². The predicted molar refractivity (Wildman–Crippen MR) is 76.3 cm³/mol. The Morgan fingerprint density at radius 1 is 1.00 bits per heavy atom. The molecule has 0 saturated carbocycles. The zero-order chi connectivity index (χ0) is 16.0. The topological polar surface area (TPSA) is 88.1 Å². The maximum Gasteiger partial charge on any atom is 0.356 e. The lowest BCUT2D eigenvalue weighted by molar-refractivity contribution is 0.0385. The van der Waals surface area contributed by atoms with Crippen LogP contribution in [-0.2, 0) is 32.7 Å². The zero-order valence-corrected chi connectivity index (χ0v) is 14.6. The summed E-state index contributed by atoms with van der Waals surface area (Å²) in [5.41, 5.74) is 0. The molecule has 0 aliphatic heterocycles. The maximum atomic E-state index is 12.4. The van der Waals surface area contributed by atoms with Crippen LogP contribution < -0.4 is 0 Å². The minimum absolute atomic E-state index is 0.151. The largest absolute Gasteiger partial charge is 0.363 e. The summed E-state index contributed by atoms with van der Waals surface area (Å²) in [6, 6.07) is 0. The van der Waals surface area contributed by atoms with Crippen LogP contribution in [0.4, 0.5) is 0 Å². The van der Waals surface area contributed by atoms with E-state index < -0.39 is 23.8 Å². The van der Waals surface area contributed by atoms with Crippen molar-refractivity contribution in [2.24, 2.45) is 0 Å². The van der Waals surface area contributed by atoms with Crippen LogP contribution in [0.25, 0.3) is 0 Å². The Hall–Kier alpha value is 0.0200. The molecule has 7 nitrogen and oxygen atoms in total. The third kappa shape index (κ3) is 10.8. The van der Waals surface area contributed by atoms with E-state index in [1.165, 1.54) is 0 Å². The molecule has 0 unspecified atom stereocenters. The van der Waals surface area contributed by atoms with E-state index in [4.69, 9.17) is 13.8 Å². The van der Waals surface area contributed by atoms with Crippen molar-refractivity contribution >= 4 is 17.7 Å². The highest BCUT2D eigenvalue weighted by molar-refractivity contribution is 7.85. The monoisotopic (exact) mass is 332 g/mol. The second-order valence-corrected chi connectivity index (χ2v) is 8.56. The molecule has 1 atom stereocenters. The molecule has 0 N–H and O–H groups in total. The van der Waals surface area contributed by atoms with Gasteiger partial charge in [-0.05, 0) is 34.6 Å². The predicted octanol–water partition coefficient (Wildman–Crippen LogP) is 2.37. The van der Waals surface area contributed by atoms with Crippen molar-refractivity contribution in [2.45, 2.75) is 52.9 Å². The SMILES string of the molecule is CC(C)OP(=O)(CO[C@H](C)COS(C)(=O)=O)OC(C)C. The van der Waals surface area contributed by atoms with E-state index in [1.54, 1.807) is 34.6 Å². The van der Waals surface area contributed by atoms with Gasteiger partial charge in [0.25, 0.3) is 10.1 Å². The Bertz CT molecular complexity index is 404. The quantitative estimate of drug-likeness (QED) is 0.448. The van der Waals surface area contributed by atoms with E-state index in [1.807, 2.05) is 0 Å². The summed E-state index contributed by atoms with van der Waals surface area (Å²) in [7, 11) is -6.90. The molecule has 0 aliphatic carbocycles. The van der Waals surface area contributed by atoms with Crippen LogP contribution in [0.1, 0.15) is 34.6 Å². The van der Waals surface area contributed by atoms with E-state index in [2.05, 4.69) is 4.18 Å².